The van der Waals surface area contributed by atoms with E-state index in [0.29, 0.717) is 13.1 Å². The summed E-state index contributed by atoms with van der Waals surface area (Å²) < 4.78 is 9.67. The maximum atomic E-state index is 13.7. The molecule has 62 heavy (non-hydrogen) atoms. The number of nitrogens with one attached hydrogen (secondary N) is 4. The fraction of sp³-hybridized carbons (Fsp3) is 0.292. The Labute approximate surface area is 360 Å². The summed E-state index contributed by atoms with van der Waals surface area (Å²) in [6.07, 6.45) is 5.96. The first kappa shape index (κ1) is 41.5. The Bertz CT molecular complexity index is 2300. The average Bonchev–Trinajstić information content (AvgIpc) is 4.17. The fourth-order valence-corrected chi connectivity index (χ4v) is 8.55. The number of aromatic nitrogens is 4. The summed E-state index contributed by atoms with van der Waals surface area (Å²) in [5.74, 6) is 1.35. The predicted molar refractivity (Wildman–Crippen MR) is 233 cm³/mol. The summed E-state index contributed by atoms with van der Waals surface area (Å²) in [7, 11) is 2.62. The summed E-state index contributed by atoms with van der Waals surface area (Å²) in [5.41, 5.74) is 7.46. The zero-order valence-corrected chi connectivity index (χ0v) is 34.8. The van der Waals surface area contributed by atoms with Crippen molar-refractivity contribution >= 4 is 24.0 Å². The van der Waals surface area contributed by atoms with Crippen LogP contribution in [0.4, 0.5) is 9.59 Å². The molecule has 0 saturated carbocycles. The lowest BCUT2D eigenvalue weighted by Gasteiger charge is -2.26. The van der Waals surface area contributed by atoms with Crippen LogP contribution in [0.25, 0.3) is 33.6 Å². The number of aromatic amines is 2. The van der Waals surface area contributed by atoms with Crippen LogP contribution in [0.15, 0.2) is 122 Å². The summed E-state index contributed by atoms with van der Waals surface area (Å²) in [4.78, 5) is 71.7. The lowest BCUT2D eigenvalue weighted by molar-refractivity contribution is -0.133. The highest BCUT2D eigenvalue weighted by atomic mass is 16.5. The van der Waals surface area contributed by atoms with Gasteiger partial charge in [0.2, 0.25) is 11.8 Å². The van der Waals surface area contributed by atoms with Crippen molar-refractivity contribution in [1.82, 2.24) is 40.4 Å². The molecule has 4 aromatic carbocycles. The van der Waals surface area contributed by atoms with Gasteiger partial charge in [-0.3, -0.25) is 9.59 Å². The van der Waals surface area contributed by atoms with E-state index in [4.69, 9.17) is 19.4 Å². The number of alkyl carbamates (subject to hydrolysis) is 2. The van der Waals surface area contributed by atoms with E-state index in [1.807, 2.05) is 82.9 Å². The van der Waals surface area contributed by atoms with Crippen LogP contribution in [0.2, 0.25) is 0 Å². The number of imidazole rings is 2. The van der Waals surface area contributed by atoms with Gasteiger partial charge in [0.05, 0.1) is 75.0 Å². The highest BCUT2D eigenvalue weighted by Gasteiger charge is 2.35. The third kappa shape index (κ3) is 9.39. The number of H-pyrrole nitrogens is 2. The van der Waals surface area contributed by atoms with Crippen molar-refractivity contribution in [3.63, 3.8) is 0 Å². The SMILES string of the molecule is COC(=O)N[C@H](CC(=O)N1CCCC1c1ncc(-c2ccc(-c3ccc(-c4cnc([C@@H]5CCCN5C(=O)C[C@@H](NC(=O)OC)c5ccccc5)[nH]4)cc3)cc2)[nH]1)c1ccccc1. The third-order valence-electron chi connectivity index (χ3n) is 11.8. The molecule has 14 heteroatoms. The van der Waals surface area contributed by atoms with Gasteiger partial charge in [-0.1, -0.05) is 109 Å². The molecule has 8 rings (SSSR count). The zero-order valence-electron chi connectivity index (χ0n) is 34.8. The quantitative estimate of drug-likeness (QED) is 0.0897. The van der Waals surface area contributed by atoms with Crippen LogP contribution in [0, 0.1) is 0 Å². The minimum Gasteiger partial charge on any atom is -0.453 e. The molecule has 0 radical (unpaired) electrons. The smallest absolute Gasteiger partial charge is 0.407 e. The first-order valence-electron chi connectivity index (χ1n) is 21.0. The number of rotatable bonds is 13. The number of likely N-dealkylation sites (tertiary alicyclic amines) is 2. The number of benzene rings is 4. The van der Waals surface area contributed by atoms with Crippen LogP contribution < -0.4 is 10.6 Å². The van der Waals surface area contributed by atoms with Gasteiger partial charge in [0.15, 0.2) is 0 Å². The maximum absolute atomic E-state index is 13.7. The van der Waals surface area contributed by atoms with Gasteiger partial charge in [0.25, 0.3) is 0 Å². The highest BCUT2D eigenvalue weighted by molar-refractivity contribution is 5.80. The number of nitrogens with zero attached hydrogens (tertiary/aromatic N) is 4. The maximum Gasteiger partial charge on any atom is 0.407 e. The standard InChI is InChI=1S/C48H50N8O6/c1-61-47(59)53-37(33-11-5-3-6-12-33)27-43(57)55-25-9-15-41(55)45-49-29-39(51-45)35-21-17-31(18-22-35)32-19-23-36(24-20-32)40-30-50-46(52-40)42-16-10-26-56(42)44(58)28-38(54-48(60)62-2)34-13-7-4-8-14-34/h3-8,11-14,17-24,29-30,37-38,41-42H,9-10,15-16,25-28H2,1-2H3,(H,49,51)(H,50,52)(H,53,59)(H,54,60)/t37-,38-,41+,42?/m1/s1. The highest BCUT2D eigenvalue weighted by Crippen LogP contribution is 2.36. The van der Waals surface area contributed by atoms with Gasteiger partial charge in [0, 0.05) is 13.1 Å². The van der Waals surface area contributed by atoms with Crippen LogP contribution in [0.5, 0.6) is 0 Å². The van der Waals surface area contributed by atoms with Crippen LogP contribution in [0.1, 0.15) is 85.5 Å². The molecule has 2 fully saturated rings. The Morgan fingerprint density at radius 2 is 0.952 bits per heavy atom. The van der Waals surface area contributed by atoms with Crippen LogP contribution in [0.3, 0.4) is 0 Å². The molecule has 318 valence electrons. The van der Waals surface area contributed by atoms with E-state index in [1.165, 1.54) is 14.2 Å². The lowest BCUT2D eigenvalue weighted by atomic mass is 10.0. The van der Waals surface area contributed by atoms with Crippen molar-refractivity contribution < 1.29 is 28.7 Å². The van der Waals surface area contributed by atoms with Gasteiger partial charge < -0.3 is 39.9 Å². The largest absolute Gasteiger partial charge is 0.453 e. The van der Waals surface area contributed by atoms with Crippen molar-refractivity contribution in [3.8, 4) is 33.6 Å². The molecular formula is C48H50N8O6. The van der Waals surface area contributed by atoms with Gasteiger partial charge >= 0.3 is 12.2 Å². The van der Waals surface area contributed by atoms with E-state index in [0.717, 1.165) is 82.1 Å². The van der Waals surface area contributed by atoms with Crippen molar-refractivity contribution in [3.05, 3.63) is 144 Å². The molecule has 1 unspecified atom stereocenters. The summed E-state index contributed by atoms with van der Waals surface area (Å²) in [5, 5.41) is 5.63. The number of amides is 4. The van der Waals surface area contributed by atoms with E-state index in [-0.39, 0.29) is 36.7 Å². The summed E-state index contributed by atoms with van der Waals surface area (Å²) >= 11 is 0. The number of methoxy groups -OCH3 is 2. The third-order valence-corrected chi connectivity index (χ3v) is 11.8. The normalized spacial score (nSPS) is 17.0. The number of hydrogen-bond acceptors (Lipinski definition) is 8. The van der Waals surface area contributed by atoms with Crippen molar-refractivity contribution in [2.24, 2.45) is 0 Å². The molecule has 6 aromatic rings. The number of hydrogen-bond donors (Lipinski definition) is 4. The van der Waals surface area contributed by atoms with E-state index in [2.05, 4.69) is 69.1 Å². The van der Waals surface area contributed by atoms with Crippen LogP contribution in [-0.4, -0.2) is 81.0 Å². The zero-order chi connectivity index (χ0) is 43.0. The van der Waals surface area contributed by atoms with Crippen LogP contribution >= 0.6 is 0 Å². The molecule has 4 amide bonds. The van der Waals surface area contributed by atoms with Gasteiger partial charge in [-0.05, 0) is 59.1 Å². The first-order chi connectivity index (χ1) is 30.3. The van der Waals surface area contributed by atoms with Crippen molar-refractivity contribution in [1.29, 1.82) is 0 Å². The molecule has 0 spiro atoms. The Hall–Kier alpha value is -7.22. The number of ether oxygens (including phenoxy) is 2. The molecule has 14 nitrogen and oxygen atoms in total. The Morgan fingerprint density at radius 3 is 1.32 bits per heavy atom. The predicted octanol–water partition coefficient (Wildman–Crippen LogP) is 8.44. The van der Waals surface area contributed by atoms with Gasteiger partial charge in [-0.25, -0.2) is 19.6 Å². The van der Waals surface area contributed by atoms with E-state index in [9.17, 15) is 19.2 Å². The van der Waals surface area contributed by atoms with E-state index < -0.39 is 24.3 Å². The summed E-state index contributed by atoms with van der Waals surface area (Å²) in [6.45, 7) is 1.23. The Kier molecular flexibility index (Phi) is 12.7. The molecule has 0 aliphatic carbocycles. The molecule has 4 atom stereocenters. The molecule has 2 aliphatic rings. The number of carbonyl (C=O) groups is 4. The fourth-order valence-electron chi connectivity index (χ4n) is 8.55. The molecule has 4 N–H and O–H groups in total. The van der Waals surface area contributed by atoms with Gasteiger partial charge in [-0.2, -0.15) is 0 Å². The summed E-state index contributed by atoms with van der Waals surface area (Å²) in [6, 6.07) is 34.0. The van der Waals surface area contributed by atoms with Crippen molar-refractivity contribution in [2.75, 3.05) is 27.3 Å². The second-order valence-electron chi connectivity index (χ2n) is 15.6. The van der Waals surface area contributed by atoms with Crippen LogP contribution in [-0.2, 0) is 19.1 Å². The Balaban J connectivity index is 0.894. The minimum atomic E-state index is -0.585. The van der Waals surface area contributed by atoms with Crippen molar-refractivity contribution in [2.45, 2.75) is 62.7 Å². The van der Waals surface area contributed by atoms with Gasteiger partial charge in [-0.15, -0.1) is 0 Å². The number of carbonyl (C=O) groups excluding carboxylic acids is 4. The topological polar surface area (TPSA) is 175 Å². The second kappa shape index (κ2) is 19.0. The molecule has 2 saturated heterocycles. The lowest BCUT2D eigenvalue weighted by Crippen LogP contribution is -2.36. The minimum absolute atomic E-state index is 0.0631. The second-order valence-corrected chi connectivity index (χ2v) is 15.6. The molecule has 2 aromatic heterocycles. The molecular weight excluding hydrogens is 785 g/mol. The molecule has 4 heterocycles. The van der Waals surface area contributed by atoms with E-state index in [1.54, 1.807) is 0 Å². The molecule has 0 bridgehead atoms. The van der Waals surface area contributed by atoms with Gasteiger partial charge in [0.1, 0.15) is 11.6 Å². The average molecular weight is 835 g/mol. The van der Waals surface area contributed by atoms with E-state index >= 15 is 0 Å². The monoisotopic (exact) mass is 834 g/mol. The Morgan fingerprint density at radius 1 is 0.581 bits per heavy atom. The first-order valence-corrected chi connectivity index (χ1v) is 21.0. The molecule has 2 aliphatic heterocycles.